The minimum absolute atomic E-state index is 0.0385. The summed E-state index contributed by atoms with van der Waals surface area (Å²) < 4.78 is 13.3. The number of benzene rings is 2. The van der Waals surface area contributed by atoms with Crippen molar-refractivity contribution in [2.45, 2.75) is 43.8 Å². The quantitative estimate of drug-likeness (QED) is 0.261. The second-order valence-corrected chi connectivity index (χ2v) is 8.36. The number of nitro groups is 1. The van der Waals surface area contributed by atoms with Crippen molar-refractivity contribution in [1.82, 2.24) is 14.8 Å². The number of hydrogen-bond acceptors (Lipinski definition) is 8. The lowest BCUT2D eigenvalue weighted by atomic mass is 10.3. The highest BCUT2D eigenvalue weighted by Crippen LogP contribution is 2.32. The number of methoxy groups -OCH3 is 1. The van der Waals surface area contributed by atoms with E-state index in [0.717, 1.165) is 0 Å². The van der Waals surface area contributed by atoms with E-state index in [2.05, 4.69) is 15.5 Å². The van der Waals surface area contributed by atoms with Crippen LogP contribution in [-0.4, -0.2) is 38.0 Å². The number of nitrogens with one attached hydrogen (secondary N) is 1. The van der Waals surface area contributed by atoms with Crippen molar-refractivity contribution in [3.8, 4) is 11.5 Å². The van der Waals surface area contributed by atoms with E-state index < -0.39 is 16.3 Å². The third-order valence-electron chi connectivity index (χ3n) is 4.80. The molecule has 33 heavy (non-hydrogen) atoms. The second kappa shape index (κ2) is 10.8. The molecule has 1 heterocycles. The monoisotopic (exact) mass is 471 g/mol. The van der Waals surface area contributed by atoms with Gasteiger partial charge in [-0.05, 0) is 45.0 Å². The van der Waals surface area contributed by atoms with E-state index in [-0.39, 0.29) is 11.6 Å². The molecule has 3 rings (SSSR count). The topological polar surface area (TPSA) is 121 Å². The molecular weight excluding hydrogens is 446 g/mol. The van der Waals surface area contributed by atoms with Crippen molar-refractivity contribution in [1.29, 1.82) is 0 Å². The lowest BCUT2D eigenvalue weighted by molar-refractivity contribution is -0.384. The van der Waals surface area contributed by atoms with E-state index in [1.165, 1.54) is 36.0 Å². The van der Waals surface area contributed by atoms with Gasteiger partial charge in [0.2, 0.25) is 5.91 Å². The van der Waals surface area contributed by atoms with Crippen LogP contribution in [0.5, 0.6) is 11.5 Å². The molecule has 11 heteroatoms. The van der Waals surface area contributed by atoms with Gasteiger partial charge < -0.3 is 19.4 Å². The van der Waals surface area contributed by atoms with Gasteiger partial charge in [0.25, 0.3) is 5.69 Å². The average Bonchev–Trinajstić information content (AvgIpc) is 3.22. The number of carbonyl (C=O) groups is 1. The first-order valence-corrected chi connectivity index (χ1v) is 11.2. The number of rotatable bonds is 10. The van der Waals surface area contributed by atoms with Gasteiger partial charge in [-0.25, -0.2) is 0 Å². The predicted octanol–water partition coefficient (Wildman–Crippen LogP) is 4.47. The van der Waals surface area contributed by atoms with Crippen molar-refractivity contribution < 1.29 is 19.2 Å². The van der Waals surface area contributed by atoms with Gasteiger partial charge in [-0.2, -0.15) is 0 Å². The van der Waals surface area contributed by atoms with E-state index in [0.29, 0.717) is 34.7 Å². The molecule has 3 aromatic rings. The molecule has 2 aromatic carbocycles. The molecule has 0 radical (unpaired) electrons. The fourth-order valence-electron chi connectivity index (χ4n) is 3.07. The molecule has 1 aromatic heterocycles. The van der Waals surface area contributed by atoms with Gasteiger partial charge >= 0.3 is 0 Å². The standard InChI is InChI=1S/C22H25N5O5S/c1-5-26-20(14(2)32-19-9-7-6-8-18(19)31-4)24-25-22(26)33-15(3)21(28)23-16-10-12-17(13-11-16)27(29)30/h6-15H,5H2,1-4H3,(H,23,28). The van der Waals surface area contributed by atoms with Crippen LogP contribution in [0.2, 0.25) is 0 Å². The number of hydrogen-bond donors (Lipinski definition) is 1. The van der Waals surface area contributed by atoms with Crippen LogP contribution < -0.4 is 14.8 Å². The van der Waals surface area contributed by atoms with Gasteiger partial charge in [-0.1, -0.05) is 23.9 Å². The zero-order valence-corrected chi connectivity index (χ0v) is 19.5. The number of aromatic nitrogens is 3. The van der Waals surface area contributed by atoms with Crippen molar-refractivity contribution in [3.05, 3.63) is 64.5 Å². The molecule has 1 amide bonds. The maximum atomic E-state index is 12.6. The molecule has 1 N–H and O–H groups in total. The van der Waals surface area contributed by atoms with Crippen LogP contribution >= 0.6 is 11.8 Å². The molecule has 174 valence electrons. The molecule has 0 aliphatic rings. The number of para-hydroxylation sites is 2. The van der Waals surface area contributed by atoms with E-state index in [1.807, 2.05) is 42.7 Å². The van der Waals surface area contributed by atoms with Gasteiger partial charge in [0.1, 0.15) is 0 Å². The van der Waals surface area contributed by atoms with Crippen LogP contribution in [0.1, 0.15) is 32.7 Å². The summed E-state index contributed by atoms with van der Waals surface area (Å²) in [6.45, 7) is 6.20. The first-order chi connectivity index (χ1) is 15.8. The molecule has 0 bridgehead atoms. The SMILES string of the molecule is CCn1c(SC(C)C(=O)Nc2ccc([N+](=O)[O-])cc2)nnc1C(C)Oc1ccccc1OC. The Bertz CT molecular complexity index is 1120. The Hall–Kier alpha value is -3.60. The van der Waals surface area contributed by atoms with Crippen LogP contribution in [-0.2, 0) is 11.3 Å². The van der Waals surface area contributed by atoms with Crippen LogP contribution in [0.3, 0.4) is 0 Å². The van der Waals surface area contributed by atoms with Crippen molar-refractivity contribution in [3.63, 3.8) is 0 Å². The van der Waals surface area contributed by atoms with Crippen molar-refractivity contribution in [2.24, 2.45) is 0 Å². The molecule has 10 nitrogen and oxygen atoms in total. The molecule has 0 saturated carbocycles. The Morgan fingerprint density at radius 2 is 1.82 bits per heavy atom. The number of carbonyl (C=O) groups excluding carboxylic acids is 1. The number of amides is 1. The maximum absolute atomic E-state index is 12.6. The van der Waals surface area contributed by atoms with Crippen LogP contribution in [0.4, 0.5) is 11.4 Å². The average molecular weight is 472 g/mol. The highest BCUT2D eigenvalue weighted by molar-refractivity contribution is 8.00. The van der Waals surface area contributed by atoms with E-state index in [1.54, 1.807) is 14.0 Å². The lowest BCUT2D eigenvalue weighted by Gasteiger charge is -2.18. The summed E-state index contributed by atoms with van der Waals surface area (Å²) in [5.74, 6) is 1.61. The Morgan fingerprint density at radius 1 is 1.15 bits per heavy atom. The summed E-state index contributed by atoms with van der Waals surface area (Å²) in [7, 11) is 1.58. The van der Waals surface area contributed by atoms with Gasteiger partial charge in [-0.3, -0.25) is 14.9 Å². The molecule has 0 spiro atoms. The minimum atomic E-state index is -0.488. The summed E-state index contributed by atoms with van der Waals surface area (Å²) in [4.78, 5) is 22.9. The largest absolute Gasteiger partial charge is 0.493 e. The molecule has 2 atom stereocenters. The van der Waals surface area contributed by atoms with Gasteiger partial charge in [0, 0.05) is 24.4 Å². The molecule has 0 aliphatic carbocycles. The number of ether oxygens (including phenoxy) is 2. The minimum Gasteiger partial charge on any atom is -0.493 e. The normalized spacial score (nSPS) is 12.6. The Balaban J connectivity index is 1.68. The molecular formula is C22H25N5O5S. The van der Waals surface area contributed by atoms with Gasteiger partial charge in [0.15, 0.2) is 28.6 Å². The number of nitrogens with zero attached hydrogens (tertiary/aromatic N) is 4. The molecule has 2 unspecified atom stereocenters. The van der Waals surface area contributed by atoms with Gasteiger partial charge in [-0.15, -0.1) is 10.2 Å². The van der Waals surface area contributed by atoms with Crippen LogP contribution in [0.25, 0.3) is 0 Å². The zero-order chi connectivity index (χ0) is 24.0. The van der Waals surface area contributed by atoms with Crippen LogP contribution in [0.15, 0.2) is 53.7 Å². The van der Waals surface area contributed by atoms with E-state index >= 15 is 0 Å². The van der Waals surface area contributed by atoms with Crippen LogP contribution in [0, 0.1) is 10.1 Å². The summed E-state index contributed by atoms with van der Waals surface area (Å²) in [6, 6.07) is 13.0. The summed E-state index contributed by atoms with van der Waals surface area (Å²) in [5.41, 5.74) is 0.443. The maximum Gasteiger partial charge on any atom is 0.269 e. The molecule has 0 saturated heterocycles. The third-order valence-corrected chi connectivity index (χ3v) is 5.88. The summed E-state index contributed by atoms with van der Waals surface area (Å²) >= 11 is 1.27. The summed E-state index contributed by atoms with van der Waals surface area (Å²) in [6.07, 6.45) is -0.396. The Morgan fingerprint density at radius 3 is 2.42 bits per heavy atom. The molecule has 0 fully saturated rings. The zero-order valence-electron chi connectivity index (χ0n) is 18.7. The first kappa shape index (κ1) is 24.1. The highest BCUT2D eigenvalue weighted by Gasteiger charge is 2.23. The predicted molar refractivity (Wildman–Crippen MR) is 125 cm³/mol. The van der Waals surface area contributed by atoms with E-state index in [4.69, 9.17) is 9.47 Å². The smallest absolute Gasteiger partial charge is 0.269 e. The van der Waals surface area contributed by atoms with Crippen molar-refractivity contribution >= 4 is 29.0 Å². The number of nitro benzene ring substituents is 1. The van der Waals surface area contributed by atoms with E-state index in [9.17, 15) is 14.9 Å². The number of anilines is 1. The van der Waals surface area contributed by atoms with Crippen molar-refractivity contribution in [2.75, 3.05) is 12.4 Å². The first-order valence-electron chi connectivity index (χ1n) is 10.3. The van der Waals surface area contributed by atoms with Gasteiger partial charge in [0.05, 0.1) is 17.3 Å². The number of thioether (sulfide) groups is 1. The second-order valence-electron chi connectivity index (χ2n) is 7.05. The third kappa shape index (κ3) is 5.80. The highest BCUT2D eigenvalue weighted by atomic mass is 32.2. The summed E-state index contributed by atoms with van der Waals surface area (Å²) in [5, 5.41) is 22.2. The Kier molecular flexibility index (Phi) is 7.88. The Labute approximate surface area is 195 Å². The lowest BCUT2D eigenvalue weighted by Crippen LogP contribution is -2.23. The fraction of sp³-hybridized carbons (Fsp3) is 0.318. The number of non-ortho nitro benzene ring substituents is 1. The molecule has 0 aliphatic heterocycles. The fourth-order valence-corrected chi connectivity index (χ4v) is 3.99.